The molecule has 0 radical (unpaired) electrons. The van der Waals surface area contributed by atoms with Crippen LogP contribution in [0.25, 0.3) is 0 Å². The van der Waals surface area contributed by atoms with E-state index in [1.54, 1.807) is 0 Å². The largest absolute Gasteiger partial charge is 0.496 e. The molecule has 1 aromatic rings. The Kier molecular flexibility index (Phi) is 8.44. The number of benzene rings is 1. The van der Waals surface area contributed by atoms with Crippen LogP contribution >= 0.6 is 0 Å². The highest BCUT2D eigenvalue weighted by atomic mass is 19.1. The molecule has 5 fully saturated rings. The predicted molar refractivity (Wildman–Crippen MR) is 163 cm³/mol. The second-order valence-corrected chi connectivity index (χ2v) is 14.6. The minimum atomic E-state index is -0.615. The number of rotatable bonds is 10. The molecule has 0 aromatic heterocycles. The number of allylic oxidation sites excluding steroid dienone is 1. The van der Waals surface area contributed by atoms with Gasteiger partial charge in [-0.2, -0.15) is 0 Å². The van der Waals surface area contributed by atoms with Crippen molar-refractivity contribution in [1.82, 2.24) is 10.6 Å². The van der Waals surface area contributed by atoms with E-state index in [1.165, 1.54) is 51.2 Å². The van der Waals surface area contributed by atoms with Crippen molar-refractivity contribution >= 4 is 17.8 Å². The minimum absolute atomic E-state index is 0.0204. The number of halogens is 1. The van der Waals surface area contributed by atoms with E-state index in [2.05, 4.69) is 23.6 Å². The highest BCUT2D eigenvalue weighted by molar-refractivity contribution is 5.98. The van der Waals surface area contributed by atoms with Gasteiger partial charge in [0.05, 0.1) is 37.2 Å². The predicted octanol–water partition coefficient (Wildman–Crippen LogP) is 5.73. The lowest BCUT2D eigenvalue weighted by Crippen LogP contribution is -2.52. The van der Waals surface area contributed by atoms with Crippen LogP contribution in [0.15, 0.2) is 23.8 Å². The molecule has 5 saturated carbocycles. The third-order valence-electron chi connectivity index (χ3n) is 11.3. The Morgan fingerprint density at radius 3 is 2.36 bits per heavy atom. The summed E-state index contributed by atoms with van der Waals surface area (Å²) < 4.78 is 31.7. The number of carbonyl (C=O) groups is 3. The molecule has 0 saturated heterocycles. The zero-order chi connectivity index (χ0) is 31.2. The molecule has 5 aliphatic carbocycles. The number of nitrogens with one attached hydrogen (secondary N) is 2. The van der Waals surface area contributed by atoms with E-state index in [0.29, 0.717) is 38.1 Å². The van der Waals surface area contributed by atoms with Crippen molar-refractivity contribution in [3.63, 3.8) is 0 Å². The van der Waals surface area contributed by atoms with E-state index in [9.17, 15) is 14.4 Å². The molecule has 0 unspecified atom stereocenters. The van der Waals surface area contributed by atoms with Crippen LogP contribution < -0.4 is 20.1 Å². The lowest BCUT2D eigenvalue weighted by molar-refractivity contribution is -0.154. The standard InChI is InChI=1S/C35H47FN2O6/c1-34(10-5-11-34)19-37-32(40)29-22-15-21(14-20-6-7-20)24(16-22)30(29)38-31(39)25-17-28(26(36)18-27(25)42-3)44-23-8-12-35(2,13-9-23)33(41)43-4/h14,17-18,20,22-24,29-30H,5-13,15-16,19H2,1-4H3,(H,37,40)(H,38,39)/t22-,23?,24-,29+,30-,35?/m1/s1. The first-order chi connectivity index (χ1) is 21.0. The maximum atomic E-state index is 15.2. The molecule has 0 heterocycles. The Morgan fingerprint density at radius 1 is 1.02 bits per heavy atom. The van der Waals surface area contributed by atoms with Crippen LogP contribution in [0.4, 0.5) is 4.39 Å². The van der Waals surface area contributed by atoms with Crippen molar-refractivity contribution in [2.75, 3.05) is 20.8 Å². The van der Waals surface area contributed by atoms with Crippen molar-refractivity contribution in [1.29, 1.82) is 0 Å². The Balaban J connectivity index is 1.19. The Bertz CT molecular complexity index is 1330. The first-order valence-corrected chi connectivity index (χ1v) is 16.4. The van der Waals surface area contributed by atoms with Crippen LogP contribution in [0.2, 0.25) is 0 Å². The van der Waals surface area contributed by atoms with E-state index < -0.39 is 17.1 Å². The molecule has 240 valence electrons. The monoisotopic (exact) mass is 610 g/mol. The fourth-order valence-corrected chi connectivity index (χ4v) is 8.09. The quantitative estimate of drug-likeness (QED) is 0.259. The number of esters is 1. The molecule has 8 nitrogen and oxygen atoms in total. The van der Waals surface area contributed by atoms with Gasteiger partial charge in [-0.3, -0.25) is 14.4 Å². The van der Waals surface area contributed by atoms with Crippen molar-refractivity contribution in [3.05, 3.63) is 35.2 Å². The maximum Gasteiger partial charge on any atom is 0.311 e. The van der Waals surface area contributed by atoms with Gasteiger partial charge in [-0.05, 0) is 94.4 Å². The number of fused-ring (bicyclic) bond motifs is 2. The number of methoxy groups -OCH3 is 2. The number of hydrogen-bond donors (Lipinski definition) is 2. The van der Waals surface area contributed by atoms with Crippen molar-refractivity contribution in [3.8, 4) is 11.5 Å². The summed E-state index contributed by atoms with van der Waals surface area (Å²) in [5, 5.41) is 6.44. The topological polar surface area (TPSA) is 103 Å². The van der Waals surface area contributed by atoms with Gasteiger partial charge in [0.25, 0.3) is 5.91 Å². The molecule has 0 aliphatic heterocycles. The lowest BCUT2D eigenvalue weighted by atomic mass is 9.70. The summed E-state index contributed by atoms with van der Waals surface area (Å²) in [5.41, 5.74) is 1.13. The van der Waals surface area contributed by atoms with E-state index in [1.807, 2.05) is 6.92 Å². The van der Waals surface area contributed by atoms with Gasteiger partial charge < -0.3 is 24.8 Å². The summed E-state index contributed by atoms with van der Waals surface area (Å²) in [5.74, 6) is -0.521. The summed E-state index contributed by atoms with van der Waals surface area (Å²) in [6.45, 7) is 4.77. The average Bonchev–Trinajstić information content (AvgIpc) is 3.63. The van der Waals surface area contributed by atoms with E-state index >= 15 is 4.39 Å². The fraction of sp³-hybridized carbons (Fsp3) is 0.686. The van der Waals surface area contributed by atoms with Crippen LogP contribution in [-0.4, -0.2) is 50.7 Å². The Labute approximate surface area is 259 Å². The van der Waals surface area contributed by atoms with Gasteiger partial charge in [0.2, 0.25) is 5.91 Å². The van der Waals surface area contributed by atoms with Crippen LogP contribution in [0, 0.1) is 40.3 Å². The summed E-state index contributed by atoms with van der Waals surface area (Å²) in [7, 11) is 2.80. The minimum Gasteiger partial charge on any atom is -0.496 e. The number of hydrogen-bond acceptors (Lipinski definition) is 6. The highest BCUT2D eigenvalue weighted by Gasteiger charge is 2.54. The molecule has 4 atom stereocenters. The van der Waals surface area contributed by atoms with Crippen molar-refractivity contribution < 1.29 is 33.0 Å². The van der Waals surface area contributed by atoms with E-state index in [4.69, 9.17) is 14.2 Å². The van der Waals surface area contributed by atoms with Crippen molar-refractivity contribution in [2.45, 2.75) is 96.6 Å². The van der Waals surface area contributed by atoms with Crippen LogP contribution in [-0.2, 0) is 14.3 Å². The zero-order valence-electron chi connectivity index (χ0n) is 26.5. The Hall–Kier alpha value is -3.10. The molecule has 5 aliphatic rings. The molecule has 2 amide bonds. The van der Waals surface area contributed by atoms with Gasteiger partial charge in [-0.25, -0.2) is 4.39 Å². The fourth-order valence-electron chi connectivity index (χ4n) is 8.09. The number of amides is 2. The smallest absolute Gasteiger partial charge is 0.311 e. The van der Waals surface area contributed by atoms with Gasteiger partial charge in [0, 0.05) is 24.6 Å². The summed E-state index contributed by atoms with van der Waals surface area (Å²) in [6.07, 6.45) is 12.0. The van der Waals surface area contributed by atoms with Gasteiger partial charge in [-0.1, -0.05) is 25.0 Å². The molecule has 9 heteroatoms. The first-order valence-electron chi connectivity index (χ1n) is 16.4. The van der Waals surface area contributed by atoms with Gasteiger partial charge in [-0.15, -0.1) is 0 Å². The van der Waals surface area contributed by atoms with E-state index in [0.717, 1.165) is 25.7 Å². The normalized spacial score (nSPS) is 32.9. The van der Waals surface area contributed by atoms with Crippen LogP contribution in [0.1, 0.15) is 94.8 Å². The molecular formula is C35H47FN2O6. The SMILES string of the molecule is COC(=O)C1(C)CCC(Oc2cc(C(=O)N[C@H]3[C@@H](C(=O)NCC4(C)CCC4)[C@@H]4CC(=CC5CC5)[C@H]3C4)c(OC)cc2F)CC1. The molecular weight excluding hydrogens is 563 g/mol. The van der Waals surface area contributed by atoms with Crippen LogP contribution in [0.5, 0.6) is 11.5 Å². The molecule has 1 aromatic carbocycles. The Morgan fingerprint density at radius 2 is 1.75 bits per heavy atom. The zero-order valence-corrected chi connectivity index (χ0v) is 26.5. The molecule has 2 N–H and O–H groups in total. The third-order valence-corrected chi connectivity index (χ3v) is 11.3. The summed E-state index contributed by atoms with van der Waals surface area (Å²) >= 11 is 0. The number of carbonyl (C=O) groups excluding carboxylic acids is 3. The molecule has 6 rings (SSSR count). The van der Waals surface area contributed by atoms with Gasteiger partial charge in [0.15, 0.2) is 11.6 Å². The lowest BCUT2D eigenvalue weighted by Gasteiger charge is -2.39. The molecule has 44 heavy (non-hydrogen) atoms. The maximum absolute atomic E-state index is 15.2. The molecule has 0 spiro atoms. The second-order valence-electron chi connectivity index (χ2n) is 14.6. The average molecular weight is 611 g/mol. The van der Waals surface area contributed by atoms with E-state index in [-0.39, 0.29) is 64.3 Å². The second kappa shape index (κ2) is 12.0. The molecule has 2 bridgehead atoms. The summed E-state index contributed by atoms with van der Waals surface area (Å²) in [6, 6.07) is 2.26. The van der Waals surface area contributed by atoms with Gasteiger partial charge in [0.1, 0.15) is 5.75 Å². The number of ether oxygens (including phenoxy) is 3. The highest BCUT2D eigenvalue weighted by Crippen LogP contribution is 2.53. The van der Waals surface area contributed by atoms with Crippen LogP contribution in [0.3, 0.4) is 0 Å². The third kappa shape index (κ3) is 6.08. The summed E-state index contributed by atoms with van der Waals surface area (Å²) in [4.78, 5) is 39.8. The van der Waals surface area contributed by atoms with Crippen molar-refractivity contribution in [2.24, 2.45) is 34.5 Å². The van der Waals surface area contributed by atoms with Gasteiger partial charge >= 0.3 is 5.97 Å². The first kappa shape index (κ1) is 30.9.